The Balaban J connectivity index is 1.73. The summed E-state index contributed by atoms with van der Waals surface area (Å²) in [6.45, 7) is 2.18. The van der Waals surface area contributed by atoms with E-state index < -0.39 is 0 Å². The van der Waals surface area contributed by atoms with Gasteiger partial charge in [-0.05, 0) is 43.6 Å². The Morgan fingerprint density at radius 1 is 1.28 bits per heavy atom. The second-order valence-electron chi connectivity index (χ2n) is 4.60. The maximum Gasteiger partial charge on any atom is 0.162 e. The summed E-state index contributed by atoms with van der Waals surface area (Å²) in [4.78, 5) is 11.8. The van der Waals surface area contributed by atoms with E-state index in [-0.39, 0.29) is 18.5 Å². The third kappa shape index (κ3) is 4.41. The van der Waals surface area contributed by atoms with Crippen LogP contribution in [-0.2, 0) is 16.0 Å². The number of piperidine rings is 1. The van der Waals surface area contributed by atoms with Crippen molar-refractivity contribution in [1.82, 2.24) is 5.32 Å². The fourth-order valence-corrected chi connectivity index (χ4v) is 2.18. The molecule has 98 valence electrons. The lowest BCUT2D eigenvalue weighted by molar-refractivity contribution is -0.125. The molecular weight excluding hydrogens is 250 g/mol. The van der Waals surface area contributed by atoms with E-state index in [2.05, 4.69) is 5.32 Å². The van der Waals surface area contributed by atoms with Gasteiger partial charge in [0, 0.05) is 11.4 Å². The summed E-state index contributed by atoms with van der Waals surface area (Å²) in [5.74, 6) is 0.121. The molecule has 0 atom stereocenters. The molecular formula is C14H18ClNO2. The first-order valence-electron chi connectivity index (χ1n) is 6.32. The molecule has 0 aromatic heterocycles. The standard InChI is InChI=1S/C14H18ClNO2/c15-12-3-1-11(2-4-12)9-13(17)10-18-14-5-7-16-8-6-14/h1-4,14,16H,5-10H2. The summed E-state index contributed by atoms with van der Waals surface area (Å²) in [7, 11) is 0. The number of nitrogens with one attached hydrogen (secondary N) is 1. The fraction of sp³-hybridized carbons (Fsp3) is 0.500. The van der Waals surface area contributed by atoms with Gasteiger partial charge in [0.25, 0.3) is 0 Å². The van der Waals surface area contributed by atoms with E-state index in [9.17, 15) is 4.79 Å². The van der Waals surface area contributed by atoms with Gasteiger partial charge in [-0.1, -0.05) is 23.7 Å². The van der Waals surface area contributed by atoms with E-state index in [4.69, 9.17) is 16.3 Å². The van der Waals surface area contributed by atoms with Crippen molar-refractivity contribution in [3.8, 4) is 0 Å². The van der Waals surface area contributed by atoms with E-state index in [0.29, 0.717) is 11.4 Å². The van der Waals surface area contributed by atoms with Crippen LogP contribution in [0.1, 0.15) is 18.4 Å². The zero-order valence-corrected chi connectivity index (χ0v) is 11.1. The number of hydrogen-bond acceptors (Lipinski definition) is 3. The van der Waals surface area contributed by atoms with Crippen molar-refractivity contribution in [2.24, 2.45) is 0 Å². The molecule has 1 fully saturated rings. The quantitative estimate of drug-likeness (QED) is 0.889. The van der Waals surface area contributed by atoms with Gasteiger partial charge in [-0.15, -0.1) is 0 Å². The van der Waals surface area contributed by atoms with Gasteiger partial charge in [-0.2, -0.15) is 0 Å². The molecule has 0 aliphatic carbocycles. The SMILES string of the molecule is O=C(COC1CCNCC1)Cc1ccc(Cl)cc1. The van der Waals surface area contributed by atoms with E-state index >= 15 is 0 Å². The van der Waals surface area contributed by atoms with E-state index in [1.807, 2.05) is 12.1 Å². The number of ketones is 1. The highest BCUT2D eigenvalue weighted by atomic mass is 35.5. The molecule has 1 aromatic carbocycles. The van der Waals surface area contributed by atoms with Gasteiger partial charge in [0.05, 0.1) is 6.10 Å². The number of carbonyl (C=O) groups is 1. The van der Waals surface area contributed by atoms with Gasteiger partial charge >= 0.3 is 0 Å². The zero-order chi connectivity index (χ0) is 12.8. The van der Waals surface area contributed by atoms with Crippen LogP contribution in [0.5, 0.6) is 0 Å². The first-order valence-corrected chi connectivity index (χ1v) is 6.70. The number of rotatable bonds is 5. The molecule has 3 nitrogen and oxygen atoms in total. The summed E-state index contributed by atoms with van der Waals surface area (Å²) < 4.78 is 5.63. The van der Waals surface area contributed by atoms with Gasteiger partial charge in [-0.3, -0.25) is 4.79 Å². The molecule has 1 aromatic rings. The molecule has 1 saturated heterocycles. The van der Waals surface area contributed by atoms with Crippen molar-refractivity contribution < 1.29 is 9.53 Å². The molecule has 1 N–H and O–H groups in total. The number of Topliss-reactive ketones (excluding diaryl/α,β-unsaturated/α-hetero) is 1. The van der Waals surface area contributed by atoms with Crippen molar-refractivity contribution >= 4 is 17.4 Å². The van der Waals surface area contributed by atoms with Gasteiger partial charge in [0.2, 0.25) is 0 Å². The maximum absolute atomic E-state index is 11.8. The summed E-state index contributed by atoms with van der Waals surface area (Å²) in [5.41, 5.74) is 0.985. The van der Waals surface area contributed by atoms with Gasteiger partial charge in [0.1, 0.15) is 6.61 Å². The monoisotopic (exact) mass is 267 g/mol. The number of carbonyl (C=O) groups excluding carboxylic acids is 1. The first-order chi connectivity index (χ1) is 8.74. The summed E-state index contributed by atoms with van der Waals surface area (Å²) in [6.07, 6.45) is 2.64. The molecule has 0 radical (unpaired) electrons. The van der Waals surface area contributed by atoms with Crippen molar-refractivity contribution in [2.75, 3.05) is 19.7 Å². The number of hydrogen-bond donors (Lipinski definition) is 1. The van der Waals surface area contributed by atoms with E-state index in [0.717, 1.165) is 31.5 Å². The molecule has 1 aliphatic rings. The number of ether oxygens (including phenoxy) is 1. The van der Waals surface area contributed by atoms with Crippen LogP contribution in [0.3, 0.4) is 0 Å². The zero-order valence-electron chi connectivity index (χ0n) is 10.3. The van der Waals surface area contributed by atoms with Crippen LogP contribution in [0.2, 0.25) is 5.02 Å². The maximum atomic E-state index is 11.8. The fourth-order valence-electron chi connectivity index (χ4n) is 2.05. The highest BCUT2D eigenvalue weighted by Gasteiger charge is 2.14. The lowest BCUT2D eigenvalue weighted by Crippen LogP contribution is -2.33. The molecule has 0 spiro atoms. The second kappa shape index (κ2) is 6.88. The lowest BCUT2D eigenvalue weighted by Gasteiger charge is -2.22. The molecule has 2 rings (SSSR count). The topological polar surface area (TPSA) is 38.3 Å². The Morgan fingerprint density at radius 2 is 1.94 bits per heavy atom. The summed E-state index contributed by atoms with van der Waals surface area (Å²) in [5, 5.41) is 3.96. The minimum atomic E-state index is 0.121. The summed E-state index contributed by atoms with van der Waals surface area (Å²) in [6, 6.07) is 7.37. The largest absolute Gasteiger partial charge is 0.370 e. The van der Waals surface area contributed by atoms with Gasteiger partial charge < -0.3 is 10.1 Å². The minimum Gasteiger partial charge on any atom is -0.370 e. The molecule has 18 heavy (non-hydrogen) atoms. The number of benzene rings is 1. The molecule has 1 aliphatic heterocycles. The molecule has 0 amide bonds. The van der Waals surface area contributed by atoms with Crippen LogP contribution in [0.25, 0.3) is 0 Å². The smallest absolute Gasteiger partial charge is 0.162 e. The minimum absolute atomic E-state index is 0.121. The Hall–Kier alpha value is -0.900. The average Bonchev–Trinajstić information content (AvgIpc) is 2.40. The molecule has 0 unspecified atom stereocenters. The van der Waals surface area contributed by atoms with Crippen LogP contribution >= 0.6 is 11.6 Å². The van der Waals surface area contributed by atoms with Crippen LogP contribution in [0.15, 0.2) is 24.3 Å². The normalized spacial score (nSPS) is 16.7. The Labute approximate surface area is 112 Å². The lowest BCUT2D eigenvalue weighted by atomic mass is 10.1. The van der Waals surface area contributed by atoms with E-state index in [1.165, 1.54) is 0 Å². The molecule has 0 bridgehead atoms. The predicted molar refractivity (Wildman–Crippen MR) is 72.0 cm³/mol. The first kappa shape index (κ1) is 13.5. The van der Waals surface area contributed by atoms with Crippen LogP contribution < -0.4 is 5.32 Å². The average molecular weight is 268 g/mol. The summed E-state index contributed by atoms with van der Waals surface area (Å²) >= 11 is 5.80. The third-order valence-corrected chi connectivity index (χ3v) is 3.33. The Morgan fingerprint density at radius 3 is 2.61 bits per heavy atom. The Bertz CT molecular complexity index is 385. The van der Waals surface area contributed by atoms with Crippen molar-refractivity contribution in [3.63, 3.8) is 0 Å². The highest BCUT2D eigenvalue weighted by molar-refractivity contribution is 6.30. The van der Waals surface area contributed by atoms with Gasteiger partial charge in [-0.25, -0.2) is 0 Å². The molecule has 0 saturated carbocycles. The van der Waals surface area contributed by atoms with Crippen LogP contribution in [0.4, 0.5) is 0 Å². The van der Waals surface area contributed by atoms with Crippen LogP contribution in [0, 0.1) is 0 Å². The van der Waals surface area contributed by atoms with Gasteiger partial charge in [0.15, 0.2) is 5.78 Å². The third-order valence-electron chi connectivity index (χ3n) is 3.08. The number of halogens is 1. The highest BCUT2D eigenvalue weighted by Crippen LogP contribution is 2.11. The second-order valence-corrected chi connectivity index (χ2v) is 5.04. The van der Waals surface area contributed by atoms with Crippen molar-refractivity contribution in [3.05, 3.63) is 34.9 Å². The molecule has 1 heterocycles. The predicted octanol–water partition coefficient (Wildman–Crippen LogP) is 2.22. The Kier molecular flexibility index (Phi) is 5.17. The van der Waals surface area contributed by atoms with Crippen LogP contribution in [-0.4, -0.2) is 31.6 Å². The van der Waals surface area contributed by atoms with Crippen molar-refractivity contribution in [1.29, 1.82) is 0 Å². The van der Waals surface area contributed by atoms with E-state index in [1.54, 1.807) is 12.1 Å². The van der Waals surface area contributed by atoms with Crippen molar-refractivity contribution in [2.45, 2.75) is 25.4 Å². The molecule has 4 heteroatoms.